The van der Waals surface area contributed by atoms with Crippen LogP contribution in [0.5, 0.6) is 0 Å². The summed E-state index contributed by atoms with van der Waals surface area (Å²) in [5.41, 5.74) is 6.14. The molecule has 0 atom stereocenters. The second-order valence-electron chi connectivity index (χ2n) is 7.52. The standard InChI is InChI=1S/C23H19N5/c1-23(2)16-5-3-7-18(13-16)27-11-9-21(25-27)20(15-24)22-10-12-28(26-22)19-8-4-6-17(23)14-19/h3-14,24H,1-2H3. The quantitative estimate of drug-likeness (QED) is 0.470. The van der Waals surface area contributed by atoms with Gasteiger partial charge in [0, 0.05) is 17.8 Å². The fourth-order valence-corrected chi connectivity index (χ4v) is 3.70. The van der Waals surface area contributed by atoms with Crippen molar-refractivity contribution >= 4 is 11.4 Å². The fraction of sp³-hybridized carbons (Fsp3) is 0.130. The van der Waals surface area contributed by atoms with Crippen molar-refractivity contribution in [2.75, 3.05) is 0 Å². The molecule has 1 aliphatic heterocycles. The van der Waals surface area contributed by atoms with Crippen LogP contribution >= 0.6 is 0 Å². The Balaban J connectivity index is 1.83. The molecule has 5 nitrogen and oxygen atoms in total. The first-order valence-corrected chi connectivity index (χ1v) is 9.20. The molecule has 0 unspecified atom stereocenters. The van der Waals surface area contributed by atoms with Crippen LogP contribution in [-0.4, -0.2) is 25.4 Å². The van der Waals surface area contributed by atoms with Crippen molar-refractivity contribution in [1.82, 2.24) is 19.6 Å². The van der Waals surface area contributed by atoms with Crippen LogP contribution < -0.4 is 0 Å². The first-order chi connectivity index (χ1) is 13.6. The Hall–Kier alpha value is -3.69. The monoisotopic (exact) mass is 365 g/mol. The number of benzene rings is 2. The molecule has 1 aliphatic rings. The summed E-state index contributed by atoms with van der Waals surface area (Å²) in [6.07, 6.45) is 3.82. The summed E-state index contributed by atoms with van der Waals surface area (Å²) in [6, 6.07) is 20.7. The van der Waals surface area contributed by atoms with E-state index in [9.17, 15) is 0 Å². The number of hydrogen-bond acceptors (Lipinski definition) is 3. The van der Waals surface area contributed by atoms with E-state index in [2.05, 4.69) is 66.3 Å². The molecule has 2 aromatic heterocycles. The van der Waals surface area contributed by atoms with Crippen molar-refractivity contribution in [2.45, 2.75) is 19.3 Å². The summed E-state index contributed by atoms with van der Waals surface area (Å²) >= 11 is 0. The summed E-state index contributed by atoms with van der Waals surface area (Å²) in [5.74, 6) is 2.52. The lowest BCUT2D eigenvalue weighted by Gasteiger charge is -2.27. The third-order valence-corrected chi connectivity index (χ3v) is 5.48. The molecular formula is C23H19N5. The number of rotatable bonds is 0. The Bertz CT molecular complexity index is 1160. The third kappa shape index (κ3) is 2.45. The van der Waals surface area contributed by atoms with Crippen molar-refractivity contribution in [3.8, 4) is 11.4 Å². The van der Waals surface area contributed by atoms with Crippen LogP contribution in [-0.2, 0) is 5.41 Å². The van der Waals surface area contributed by atoms with Gasteiger partial charge in [0.15, 0.2) is 0 Å². The van der Waals surface area contributed by atoms with Crippen molar-refractivity contribution in [3.63, 3.8) is 0 Å². The molecule has 5 rings (SSSR count). The van der Waals surface area contributed by atoms with Crippen LogP contribution in [0.3, 0.4) is 0 Å². The van der Waals surface area contributed by atoms with Crippen LogP contribution in [0.15, 0.2) is 73.1 Å². The van der Waals surface area contributed by atoms with Gasteiger partial charge in [-0.05, 0) is 53.4 Å². The number of nitrogens with one attached hydrogen (secondary N) is 1. The zero-order valence-corrected chi connectivity index (χ0v) is 15.7. The average Bonchev–Trinajstić information content (AvgIpc) is 3.39. The SMILES string of the molecule is CC1(C)c2cccc(c2)-n2ccc(n2)C(=C=N)c2ccn(n2)-c2cccc1c2. The molecule has 0 radical (unpaired) electrons. The highest BCUT2D eigenvalue weighted by Gasteiger charge is 2.25. The second kappa shape index (κ2) is 5.91. The highest BCUT2D eigenvalue weighted by atomic mass is 15.3. The molecule has 0 saturated carbocycles. The van der Waals surface area contributed by atoms with E-state index in [4.69, 9.17) is 5.41 Å². The number of nitrogens with zero attached hydrogens (tertiary/aromatic N) is 4. The van der Waals surface area contributed by atoms with E-state index in [0.717, 1.165) is 11.4 Å². The Labute approximate surface area is 163 Å². The summed E-state index contributed by atoms with van der Waals surface area (Å²) in [5, 5.41) is 17.1. The van der Waals surface area contributed by atoms with E-state index in [0.29, 0.717) is 17.0 Å². The topological polar surface area (TPSA) is 59.5 Å². The number of hydrogen-bond donors (Lipinski definition) is 1. The van der Waals surface area contributed by atoms with Gasteiger partial charge in [-0.2, -0.15) is 10.2 Å². The maximum Gasteiger partial charge on any atom is 0.104 e. The van der Waals surface area contributed by atoms with Crippen LogP contribution in [0.2, 0.25) is 0 Å². The molecule has 136 valence electrons. The maximum atomic E-state index is 7.77. The molecule has 28 heavy (non-hydrogen) atoms. The van der Waals surface area contributed by atoms with Gasteiger partial charge in [-0.15, -0.1) is 0 Å². The lowest BCUT2D eigenvalue weighted by atomic mass is 9.78. The maximum absolute atomic E-state index is 7.77. The molecule has 0 amide bonds. The molecule has 1 N–H and O–H groups in total. The van der Waals surface area contributed by atoms with Crippen LogP contribution in [0, 0.1) is 5.41 Å². The molecule has 0 fully saturated rings. The summed E-state index contributed by atoms with van der Waals surface area (Å²) in [7, 11) is 0. The van der Waals surface area contributed by atoms with Crippen LogP contribution in [0.25, 0.3) is 16.9 Å². The van der Waals surface area contributed by atoms with Gasteiger partial charge in [0.25, 0.3) is 0 Å². The van der Waals surface area contributed by atoms with Crippen molar-refractivity contribution in [2.24, 2.45) is 0 Å². The first-order valence-electron chi connectivity index (χ1n) is 9.20. The Kier molecular flexibility index (Phi) is 3.48. The fourth-order valence-electron chi connectivity index (χ4n) is 3.70. The van der Waals surface area contributed by atoms with Crippen molar-refractivity contribution in [1.29, 1.82) is 5.41 Å². The van der Waals surface area contributed by atoms with Gasteiger partial charge in [-0.3, -0.25) is 5.41 Å². The van der Waals surface area contributed by atoms with Crippen molar-refractivity contribution in [3.05, 3.63) is 95.6 Å². The predicted molar refractivity (Wildman–Crippen MR) is 109 cm³/mol. The van der Waals surface area contributed by atoms with E-state index in [1.54, 1.807) is 0 Å². The van der Waals surface area contributed by atoms with Gasteiger partial charge in [0.1, 0.15) is 11.4 Å². The molecule has 8 bridgehead atoms. The highest BCUT2D eigenvalue weighted by molar-refractivity contribution is 5.95. The minimum absolute atomic E-state index is 0.178. The van der Waals surface area contributed by atoms with E-state index < -0.39 is 0 Å². The van der Waals surface area contributed by atoms with Gasteiger partial charge < -0.3 is 0 Å². The zero-order chi connectivity index (χ0) is 19.3. The van der Waals surface area contributed by atoms with Gasteiger partial charge in [0.2, 0.25) is 0 Å². The Morgan fingerprint density at radius 2 is 1.29 bits per heavy atom. The molecule has 0 saturated heterocycles. The van der Waals surface area contributed by atoms with Gasteiger partial charge in [0.05, 0.1) is 16.9 Å². The lowest BCUT2D eigenvalue weighted by Crippen LogP contribution is -2.19. The van der Waals surface area contributed by atoms with Gasteiger partial charge in [-0.1, -0.05) is 38.1 Å². The van der Waals surface area contributed by atoms with E-state index in [1.807, 2.05) is 46.0 Å². The van der Waals surface area contributed by atoms with Gasteiger partial charge in [-0.25, -0.2) is 9.36 Å². The van der Waals surface area contributed by atoms with E-state index in [1.165, 1.54) is 11.1 Å². The molecule has 0 aliphatic carbocycles. The molecule has 5 heteroatoms. The van der Waals surface area contributed by atoms with E-state index >= 15 is 0 Å². The largest absolute Gasteiger partial charge is 0.258 e. The highest BCUT2D eigenvalue weighted by Crippen LogP contribution is 2.34. The molecule has 3 heterocycles. The predicted octanol–water partition coefficient (Wildman–Crippen LogP) is 4.38. The first kappa shape index (κ1) is 16.5. The minimum atomic E-state index is -0.178. The molecular weight excluding hydrogens is 346 g/mol. The normalized spacial score (nSPS) is 14.3. The summed E-state index contributed by atoms with van der Waals surface area (Å²) < 4.78 is 3.68. The lowest BCUT2D eigenvalue weighted by molar-refractivity contribution is 0.638. The van der Waals surface area contributed by atoms with Crippen LogP contribution in [0.1, 0.15) is 36.4 Å². The smallest absolute Gasteiger partial charge is 0.104 e. The number of aromatic nitrogens is 4. The van der Waals surface area contributed by atoms with Gasteiger partial charge >= 0.3 is 0 Å². The Morgan fingerprint density at radius 1 is 0.786 bits per heavy atom. The van der Waals surface area contributed by atoms with Crippen molar-refractivity contribution < 1.29 is 0 Å². The molecule has 0 spiro atoms. The third-order valence-electron chi connectivity index (χ3n) is 5.48. The molecule has 4 aromatic rings. The number of fused-ring (bicyclic) bond motifs is 10. The summed E-state index contributed by atoms with van der Waals surface area (Å²) in [4.78, 5) is 0. The minimum Gasteiger partial charge on any atom is -0.258 e. The summed E-state index contributed by atoms with van der Waals surface area (Å²) in [6.45, 7) is 4.46. The zero-order valence-electron chi connectivity index (χ0n) is 15.7. The van der Waals surface area contributed by atoms with Crippen LogP contribution in [0.4, 0.5) is 0 Å². The average molecular weight is 365 g/mol. The second-order valence-corrected chi connectivity index (χ2v) is 7.52. The molecule has 2 aromatic carbocycles. The van der Waals surface area contributed by atoms with E-state index in [-0.39, 0.29) is 5.41 Å². The Morgan fingerprint density at radius 3 is 1.75 bits per heavy atom.